The van der Waals surface area contributed by atoms with Crippen molar-refractivity contribution in [2.75, 3.05) is 13.2 Å². The smallest absolute Gasteiger partial charge is 0.333 e. The van der Waals surface area contributed by atoms with Crippen LogP contribution in [0.3, 0.4) is 0 Å². The fourth-order valence-corrected chi connectivity index (χ4v) is 1.45. The van der Waals surface area contributed by atoms with Crippen molar-refractivity contribution in [1.82, 2.24) is 0 Å². The van der Waals surface area contributed by atoms with E-state index in [0.717, 1.165) is 5.57 Å². The molecule has 1 rings (SSSR count). The minimum Gasteiger partial charge on any atom is -1.00 e. The summed E-state index contributed by atoms with van der Waals surface area (Å²) in [4.78, 5) is 32.2. The second-order valence-corrected chi connectivity index (χ2v) is 5.55. The van der Waals surface area contributed by atoms with Gasteiger partial charge in [-0.1, -0.05) is 18.7 Å². The molecule has 0 fully saturated rings. The van der Waals surface area contributed by atoms with Crippen molar-refractivity contribution in [2.45, 2.75) is 27.2 Å². The maximum atomic E-state index is 10.8. The van der Waals surface area contributed by atoms with E-state index < -0.39 is 11.9 Å². The molecule has 0 atom stereocenters. The molecule has 0 saturated carbocycles. The van der Waals surface area contributed by atoms with Gasteiger partial charge in [-0.15, -0.1) is 0 Å². The number of esters is 2. The quantitative estimate of drug-likeness (QED) is 0.187. The molecular formula is C19H26BrNO5. The van der Waals surface area contributed by atoms with E-state index in [9.17, 15) is 14.4 Å². The molecule has 1 aromatic heterocycles. The van der Waals surface area contributed by atoms with Gasteiger partial charge in [-0.25, -0.2) is 9.36 Å². The summed E-state index contributed by atoms with van der Waals surface area (Å²) < 4.78 is 11.3. The molecule has 0 unspecified atom stereocenters. The van der Waals surface area contributed by atoms with Gasteiger partial charge in [-0.3, -0.25) is 9.59 Å². The summed E-state index contributed by atoms with van der Waals surface area (Å²) in [6.07, 6.45) is 3.78. The summed E-state index contributed by atoms with van der Waals surface area (Å²) in [6, 6.07) is 4.12. The Morgan fingerprint density at radius 1 is 1.00 bits per heavy atom. The molecule has 1 aromatic rings. The molecule has 0 aromatic carbocycles. The van der Waals surface area contributed by atoms with Gasteiger partial charge in [0.05, 0.1) is 0 Å². The number of allylic oxidation sites excluding steroid dienone is 1. The van der Waals surface area contributed by atoms with E-state index in [2.05, 4.69) is 34.8 Å². The van der Waals surface area contributed by atoms with Crippen LogP contribution in [-0.2, 0) is 30.9 Å². The molecule has 7 heteroatoms. The molecule has 6 nitrogen and oxygen atoms in total. The topological polar surface area (TPSA) is 73.5 Å². The lowest BCUT2D eigenvalue weighted by atomic mass is 10.1. The Morgan fingerprint density at radius 2 is 1.50 bits per heavy atom. The summed E-state index contributed by atoms with van der Waals surface area (Å²) in [5.74, 6) is -1.41. The van der Waals surface area contributed by atoms with Crippen molar-refractivity contribution in [3.8, 4) is 0 Å². The molecule has 0 aliphatic carbocycles. The fraction of sp³-hybridized carbons (Fsp3) is 0.368. The van der Waals surface area contributed by atoms with Crippen LogP contribution >= 0.6 is 0 Å². The molecular weight excluding hydrogens is 402 g/mol. The van der Waals surface area contributed by atoms with E-state index in [1.807, 2.05) is 30.9 Å². The summed E-state index contributed by atoms with van der Waals surface area (Å²) in [5.41, 5.74) is 2.60. The molecule has 0 saturated heterocycles. The van der Waals surface area contributed by atoms with Crippen molar-refractivity contribution < 1.29 is 45.4 Å². The van der Waals surface area contributed by atoms with Gasteiger partial charge in [-0.2, -0.15) is 0 Å². The number of halogens is 1. The predicted molar refractivity (Wildman–Crippen MR) is 94.4 cm³/mol. The lowest BCUT2D eigenvalue weighted by molar-refractivity contribution is -0.671. The van der Waals surface area contributed by atoms with Crippen molar-refractivity contribution in [3.05, 3.63) is 48.8 Å². The van der Waals surface area contributed by atoms with Gasteiger partial charge in [0, 0.05) is 17.7 Å². The second kappa shape index (κ2) is 13.9. The minimum absolute atomic E-state index is 0. The number of carbonyl (C=O) groups is 3. The first kappa shape index (κ1) is 26.0. The largest absolute Gasteiger partial charge is 1.00 e. The van der Waals surface area contributed by atoms with E-state index in [4.69, 9.17) is 0 Å². The Kier molecular flexibility index (Phi) is 13.9. The number of rotatable bonds is 7. The van der Waals surface area contributed by atoms with Crippen LogP contribution in [0.15, 0.2) is 43.3 Å². The number of Topliss-reactive ketones (excluding diaryl/α,β-unsaturated/α-hetero) is 1. The highest BCUT2D eigenvalue weighted by atomic mass is 79.9. The Balaban J connectivity index is 0. The number of aryl methyl sites for hydroxylation is 1. The standard InChI is InChI=1S/C10H14O5.C9H12N.BrH/c1-7(2)10(13)15-5-4-14-9(12)6-8(3)11;1-8(2)9-4-6-10(3)7-5-9;/h1,4-6H2,2-3H3;4-7H,1H2,2-3H3;1H/q;+1;/p-1. The van der Waals surface area contributed by atoms with Crippen LogP contribution in [0.2, 0.25) is 0 Å². The van der Waals surface area contributed by atoms with Crippen LogP contribution in [-0.4, -0.2) is 30.9 Å². The highest BCUT2D eigenvalue weighted by molar-refractivity contribution is 5.94. The first-order chi connectivity index (χ1) is 11.6. The van der Waals surface area contributed by atoms with Crippen LogP contribution in [0.1, 0.15) is 32.8 Å². The number of aromatic nitrogens is 1. The zero-order valence-corrected chi connectivity index (χ0v) is 17.3. The van der Waals surface area contributed by atoms with Gasteiger partial charge < -0.3 is 26.5 Å². The van der Waals surface area contributed by atoms with E-state index in [-0.39, 0.29) is 48.0 Å². The number of nitrogens with zero attached hydrogens (tertiary/aromatic N) is 1. The lowest BCUT2D eigenvalue weighted by Gasteiger charge is -2.05. The van der Waals surface area contributed by atoms with E-state index in [1.165, 1.54) is 19.4 Å². The van der Waals surface area contributed by atoms with Crippen LogP contribution in [0, 0.1) is 0 Å². The average Bonchev–Trinajstić information content (AvgIpc) is 2.51. The van der Waals surface area contributed by atoms with Gasteiger partial charge in [-0.05, 0) is 26.3 Å². The maximum Gasteiger partial charge on any atom is 0.333 e. The molecule has 144 valence electrons. The van der Waals surface area contributed by atoms with E-state index >= 15 is 0 Å². The SMILES string of the molecule is C=C(C)C(=O)OCCOC(=O)CC(C)=O.C=C(C)c1cc[n+](C)cc1.[Br-]. The molecule has 0 radical (unpaired) electrons. The van der Waals surface area contributed by atoms with Crippen molar-refractivity contribution in [1.29, 1.82) is 0 Å². The van der Waals surface area contributed by atoms with Gasteiger partial charge in [0.15, 0.2) is 12.4 Å². The van der Waals surface area contributed by atoms with Gasteiger partial charge in [0.1, 0.15) is 32.5 Å². The Hall–Kier alpha value is -2.28. The third-order valence-electron chi connectivity index (χ3n) is 2.79. The number of hydrogen-bond acceptors (Lipinski definition) is 5. The highest BCUT2D eigenvalue weighted by Gasteiger charge is 2.07. The number of ether oxygens (including phenoxy) is 2. The van der Waals surface area contributed by atoms with E-state index in [1.54, 1.807) is 0 Å². The third-order valence-corrected chi connectivity index (χ3v) is 2.79. The molecule has 0 bridgehead atoms. The van der Waals surface area contributed by atoms with Crippen molar-refractivity contribution >= 4 is 23.3 Å². The third kappa shape index (κ3) is 13.1. The molecule has 26 heavy (non-hydrogen) atoms. The number of ketones is 1. The first-order valence-corrected chi connectivity index (χ1v) is 7.72. The number of carbonyl (C=O) groups excluding carboxylic acids is 3. The molecule has 0 N–H and O–H groups in total. The summed E-state index contributed by atoms with van der Waals surface area (Å²) in [5, 5.41) is 0. The van der Waals surface area contributed by atoms with Gasteiger partial charge in [0.2, 0.25) is 0 Å². The second-order valence-electron chi connectivity index (χ2n) is 5.55. The zero-order valence-electron chi connectivity index (χ0n) is 15.7. The van der Waals surface area contributed by atoms with Gasteiger partial charge >= 0.3 is 11.9 Å². The maximum absolute atomic E-state index is 10.8. The minimum atomic E-state index is -0.617. The van der Waals surface area contributed by atoms with Crippen LogP contribution in [0.5, 0.6) is 0 Å². The van der Waals surface area contributed by atoms with Gasteiger partial charge in [0.25, 0.3) is 0 Å². The van der Waals surface area contributed by atoms with E-state index in [0.29, 0.717) is 0 Å². The molecule has 0 amide bonds. The zero-order chi connectivity index (χ0) is 19.4. The monoisotopic (exact) mass is 427 g/mol. The highest BCUT2D eigenvalue weighted by Crippen LogP contribution is 2.06. The fourth-order valence-electron chi connectivity index (χ4n) is 1.45. The first-order valence-electron chi connectivity index (χ1n) is 7.72. The Morgan fingerprint density at radius 3 is 1.92 bits per heavy atom. The van der Waals surface area contributed by atoms with Crippen LogP contribution < -0.4 is 21.5 Å². The summed E-state index contributed by atoms with van der Waals surface area (Å²) >= 11 is 0. The average molecular weight is 428 g/mol. The Bertz CT molecular complexity index is 638. The Labute approximate surface area is 165 Å². The number of hydrogen-bond donors (Lipinski definition) is 0. The normalized spacial score (nSPS) is 8.92. The summed E-state index contributed by atoms with van der Waals surface area (Å²) in [7, 11) is 2.00. The molecule has 0 aliphatic heterocycles. The van der Waals surface area contributed by atoms with Crippen LogP contribution in [0.4, 0.5) is 0 Å². The predicted octanol–water partition coefficient (Wildman–Crippen LogP) is -0.824. The van der Waals surface area contributed by atoms with Crippen molar-refractivity contribution in [2.24, 2.45) is 7.05 Å². The van der Waals surface area contributed by atoms with Crippen molar-refractivity contribution in [3.63, 3.8) is 0 Å². The van der Waals surface area contributed by atoms with Crippen LogP contribution in [0.25, 0.3) is 5.57 Å². The summed E-state index contributed by atoms with van der Waals surface area (Å²) in [6.45, 7) is 12.0. The molecule has 0 aliphatic rings. The molecule has 1 heterocycles. The molecule has 0 spiro atoms. The number of pyridine rings is 1. The lowest BCUT2D eigenvalue weighted by Crippen LogP contribution is -3.00.